The van der Waals surface area contributed by atoms with Crippen LogP contribution < -0.4 is 5.32 Å². The van der Waals surface area contributed by atoms with Crippen LogP contribution >= 0.6 is 0 Å². The molecule has 0 aliphatic heterocycles. The van der Waals surface area contributed by atoms with Gasteiger partial charge in [-0.15, -0.1) is 0 Å². The van der Waals surface area contributed by atoms with E-state index in [-0.39, 0.29) is 11.9 Å². The summed E-state index contributed by atoms with van der Waals surface area (Å²) >= 11 is 0. The molecule has 0 bridgehead atoms. The van der Waals surface area contributed by atoms with E-state index in [1.165, 1.54) is 20.0 Å². The highest BCUT2D eigenvalue weighted by atomic mass is 16.5. The summed E-state index contributed by atoms with van der Waals surface area (Å²) in [5, 5.41) is 3.14. The zero-order chi connectivity index (χ0) is 9.68. The molecule has 0 heterocycles. The van der Waals surface area contributed by atoms with E-state index in [1.54, 1.807) is 0 Å². The van der Waals surface area contributed by atoms with Crippen LogP contribution in [0.2, 0.25) is 0 Å². The molecule has 0 spiro atoms. The van der Waals surface area contributed by atoms with Gasteiger partial charge in [0.25, 0.3) is 0 Å². The van der Waals surface area contributed by atoms with Crippen molar-refractivity contribution in [1.29, 1.82) is 0 Å². The van der Waals surface area contributed by atoms with Crippen molar-refractivity contribution >= 4 is 5.97 Å². The van der Waals surface area contributed by atoms with Gasteiger partial charge in [-0.05, 0) is 32.4 Å². The summed E-state index contributed by atoms with van der Waals surface area (Å²) in [7, 11) is 3.41. The van der Waals surface area contributed by atoms with E-state index in [0.29, 0.717) is 5.92 Å². The minimum Gasteiger partial charge on any atom is -0.469 e. The Bertz CT molecular complexity index is 168. The fourth-order valence-corrected chi connectivity index (χ4v) is 2.18. The Hall–Kier alpha value is -0.570. The first-order chi connectivity index (χ1) is 6.29. The number of hydrogen-bond donors (Lipinski definition) is 1. The maximum Gasteiger partial charge on any atom is 0.308 e. The molecule has 0 amide bonds. The van der Waals surface area contributed by atoms with Gasteiger partial charge in [-0.3, -0.25) is 4.79 Å². The molecule has 1 aliphatic carbocycles. The molecule has 0 radical (unpaired) electrons. The van der Waals surface area contributed by atoms with Crippen LogP contribution in [-0.4, -0.2) is 26.7 Å². The lowest BCUT2D eigenvalue weighted by Gasteiger charge is -2.29. The van der Waals surface area contributed by atoms with Crippen molar-refractivity contribution in [2.24, 2.45) is 11.8 Å². The molecule has 3 nitrogen and oxygen atoms in total. The van der Waals surface area contributed by atoms with Crippen LogP contribution in [0, 0.1) is 11.8 Å². The Morgan fingerprint density at radius 3 is 2.77 bits per heavy atom. The molecule has 0 aromatic heterocycles. The number of carbonyl (C=O) groups excluding carboxylic acids is 1. The zero-order valence-electron chi connectivity index (χ0n) is 8.51. The molecule has 0 aromatic carbocycles. The molecular formula is C10H19NO2. The van der Waals surface area contributed by atoms with Gasteiger partial charge in [-0.1, -0.05) is 12.8 Å². The molecule has 3 heteroatoms. The number of carbonyl (C=O) groups is 1. The van der Waals surface area contributed by atoms with E-state index in [1.807, 2.05) is 7.05 Å². The molecule has 13 heavy (non-hydrogen) atoms. The van der Waals surface area contributed by atoms with E-state index >= 15 is 0 Å². The van der Waals surface area contributed by atoms with Gasteiger partial charge in [0.05, 0.1) is 13.0 Å². The van der Waals surface area contributed by atoms with Gasteiger partial charge < -0.3 is 10.1 Å². The maximum atomic E-state index is 11.4. The van der Waals surface area contributed by atoms with E-state index < -0.39 is 0 Å². The Kier molecular flexibility index (Phi) is 4.22. The number of methoxy groups -OCH3 is 1. The second-order valence-corrected chi connectivity index (χ2v) is 3.73. The predicted molar refractivity (Wildman–Crippen MR) is 51.4 cm³/mol. The van der Waals surface area contributed by atoms with E-state index in [4.69, 9.17) is 4.74 Å². The van der Waals surface area contributed by atoms with Crippen LogP contribution in [0.25, 0.3) is 0 Å². The minimum atomic E-state index is -0.0278. The van der Waals surface area contributed by atoms with Crippen LogP contribution in [0.1, 0.15) is 25.7 Å². The Labute approximate surface area is 79.8 Å². The van der Waals surface area contributed by atoms with Crippen molar-refractivity contribution in [3.05, 3.63) is 0 Å². The largest absolute Gasteiger partial charge is 0.469 e. The zero-order valence-corrected chi connectivity index (χ0v) is 8.51. The molecule has 0 saturated heterocycles. The van der Waals surface area contributed by atoms with E-state index in [9.17, 15) is 4.79 Å². The molecule has 1 rings (SSSR count). The lowest BCUT2D eigenvalue weighted by molar-refractivity contribution is -0.148. The Balaban J connectivity index is 2.50. The Morgan fingerprint density at radius 1 is 1.46 bits per heavy atom. The molecule has 2 atom stereocenters. The van der Waals surface area contributed by atoms with Crippen molar-refractivity contribution in [2.45, 2.75) is 25.7 Å². The van der Waals surface area contributed by atoms with Crippen LogP contribution in [0.5, 0.6) is 0 Å². The molecule has 1 fully saturated rings. The van der Waals surface area contributed by atoms with Gasteiger partial charge in [0.1, 0.15) is 0 Å². The van der Waals surface area contributed by atoms with Gasteiger partial charge in [-0.2, -0.15) is 0 Å². The smallest absolute Gasteiger partial charge is 0.308 e. The number of esters is 1. The number of hydrogen-bond acceptors (Lipinski definition) is 3. The van der Waals surface area contributed by atoms with Gasteiger partial charge in [0.15, 0.2) is 0 Å². The minimum absolute atomic E-state index is 0.0278. The number of rotatable bonds is 3. The second-order valence-electron chi connectivity index (χ2n) is 3.73. The normalized spacial score (nSPS) is 28.5. The van der Waals surface area contributed by atoms with Gasteiger partial charge >= 0.3 is 5.97 Å². The fraction of sp³-hybridized carbons (Fsp3) is 0.900. The van der Waals surface area contributed by atoms with Crippen molar-refractivity contribution in [1.82, 2.24) is 5.32 Å². The summed E-state index contributed by atoms with van der Waals surface area (Å²) in [5.41, 5.74) is 0. The molecule has 0 unspecified atom stereocenters. The monoisotopic (exact) mass is 185 g/mol. The number of nitrogens with one attached hydrogen (secondary N) is 1. The molecular weight excluding hydrogens is 166 g/mol. The highest BCUT2D eigenvalue weighted by Crippen LogP contribution is 2.30. The van der Waals surface area contributed by atoms with Gasteiger partial charge in [-0.25, -0.2) is 0 Å². The van der Waals surface area contributed by atoms with E-state index in [2.05, 4.69) is 5.32 Å². The lowest BCUT2D eigenvalue weighted by atomic mass is 9.79. The first-order valence-electron chi connectivity index (χ1n) is 5.02. The quantitative estimate of drug-likeness (QED) is 0.671. The second kappa shape index (κ2) is 5.22. The van der Waals surface area contributed by atoms with Crippen molar-refractivity contribution in [2.75, 3.05) is 20.7 Å². The first-order valence-corrected chi connectivity index (χ1v) is 5.02. The standard InChI is InChI=1S/C10H19NO2/c1-11-7-8-5-3-4-6-9(8)10(12)13-2/h8-9,11H,3-7H2,1-2H3/t8-,9-/m0/s1. The summed E-state index contributed by atoms with van der Waals surface area (Å²) in [4.78, 5) is 11.4. The fourth-order valence-electron chi connectivity index (χ4n) is 2.18. The Morgan fingerprint density at radius 2 is 2.15 bits per heavy atom. The number of ether oxygens (including phenoxy) is 1. The summed E-state index contributed by atoms with van der Waals surface area (Å²) in [6.07, 6.45) is 4.57. The molecule has 0 aromatic rings. The van der Waals surface area contributed by atoms with E-state index in [0.717, 1.165) is 19.4 Å². The van der Waals surface area contributed by atoms with Crippen LogP contribution in [0.4, 0.5) is 0 Å². The van der Waals surface area contributed by atoms with Crippen molar-refractivity contribution in [3.8, 4) is 0 Å². The average molecular weight is 185 g/mol. The predicted octanol–water partition coefficient (Wildman–Crippen LogP) is 1.19. The third-order valence-corrected chi connectivity index (χ3v) is 2.88. The summed E-state index contributed by atoms with van der Waals surface area (Å²) in [5.74, 6) is 0.581. The maximum absolute atomic E-state index is 11.4. The van der Waals surface area contributed by atoms with Crippen LogP contribution in [0.3, 0.4) is 0 Å². The first kappa shape index (κ1) is 10.5. The SMILES string of the molecule is CNC[C@@H]1CCCC[C@@H]1C(=O)OC. The third-order valence-electron chi connectivity index (χ3n) is 2.88. The highest BCUT2D eigenvalue weighted by molar-refractivity contribution is 5.72. The van der Waals surface area contributed by atoms with Crippen LogP contribution in [0.15, 0.2) is 0 Å². The highest BCUT2D eigenvalue weighted by Gasteiger charge is 2.30. The van der Waals surface area contributed by atoms with Crippen molar-refractivity contribution in [3.63, 3.8) is 0 Å². The molecule has 1 saturated carbocycles. The summed E-state index contributed by atoms with van der Waals surface area (Å²) in [6.45, 7) is 0.930. The van der Waals surface area contributed by atoms with Crippen molar-refractivity contribution < 1.29 is 9.53 Å². The summed E-state index contributed by atoms with van der Waals surface area (Å²) < 4.78 is 4.80. The third kappa shape index (κ3) is 2.69. The topological polar surface area (TPSA) is 38.3 Å². The van der Waals surface area contributed by atoms with Gasteiger partial charge in [0, 0.05) is 0 Å². The summed E-state index contributed by atoms with van der Waals surface area (Å²) in [6, 6.07) is 0. The van der Waals surface area contributed by atoms with Crippen LogP contribution in [-0.2, 0) is 9.53 Å². The molecule has 1 N–H and O–H groups in total. The lowest BCUT2D eigenvalue weighted by Crippen LogP contribution is -2.34. The van der Waals surface area contributed by atoms with Gasteiger partial charge in [0.2, 0.25) is 0 Å². The molecule has 1 aliphatic rings. The molecule has 76 valence electrons. The average Bonchev–Trinajstić information content (AvgIpc) is 2.18.